The molecule has 0 fully saturated rings. The number of hydrogen-bond donors (Lipinski definition) is 3. The molecule has 0 saturated carbocycles. The first kappa shape index (κ1) is 8.53. The van der Waals surface area contributed by atoms with Crippen molar-refractivity contribution in [2.24, 2.45) is 5.84 Å². The Labute approximate surface area is 78.3 Å². The molecule has 0 unspecified atom stereocenters. The van der Waals surface area contributed by atoms with Crippen molar-refractivity contribution in [1.82, 2.24) is 5.43 Å². The predicted molar refractivity (Wildman–Crippen MR) is 54.3 cm³/mol. The van der Waals surface area contributed by atoms with Gasteiger partial charge in [0.15, 0.2) is 0 Å². The summed E-state index contributed by atoms with van der Waals surface area (Å²) in [5.41, 5.74) is 6.62. The van der Waals surface area contributed by atoms with E-state index < -0.39 is 0 Å². The molecule has 0 bridgehead atoms. The average Bonchev–Trinajstić information content (AvgIpc) is 2.18. The second kappa shape index (κ2) is 3.77. The highest BCUT2D eigenvalue weighted by atomic mass is 15.2. The first-order valence-electron chi connectivity index (χ1n) is 4.69. The maximum Gasteiger partial charge on any atom is 0.0372 e. The quantitative estimate of drug-likeness (QED) is 0.467. The van der Waals surface area contributed by atoms with E-state index in [0.29, 0.717) is 0 Å². The van der Waals surface area contributed by atoms with Crippen LogP contribution in [0.2, 0.25) is 0 Å². The van der Waals surface area contributed by atoms with Crippen LogP contribution in [0.4, 0.5) is 5.69 Å². The fraction of sp³-hybridized carbons (Fsp3) is 0.400. The van der Waals surface area contributed by atoms with Gasteiger partial charge in [-0.1, -0.05) is 12.1 Å². The summed E-state index contributed by atoms with van der Waals surface area (Å²) in [4.78, 5) is 0. The lowest BCUT2D eigenvalue weighted by Crippen LogP contribution is -2.21. The fourth-order valence-corrected chi connectivity index (χ4v) is 1.76. The van der Waals surface area contributed by atoms with Crippen LogP contribution in [-0.4, -0.2) is 6.54 Å². The predicted octanol–water partition coefficient (Wildman–Crippen LogP) is 1.01. The van der Waals surface area contributed by atoms with E-state index in [0.717, 1.165) is 13.1 Å². The third-order valence-corrected chi connectivity index (χ3v) is 2.41. The van der Waals surface area contributed by atoms with Crippen LogP contribution in [0.1, 0.15) is 17.5 Å². The first-order valence-corrected chi connectivity index (χ1v) is 4.69. The Bertz CT molecular complexity index is 296. The molecule has 1 aromatic carbocycles. The van der Waals surface area contributed by atoms with Crippen molar-refractivity contribution < 1.29 is 0 Å². The monoisotopic (exact) mass is 177 g/mol. The van der Waals surface area contributed by atoms with Crippen molar-refractivity contribution in [1.29, 1.82) is 0 Å². The molecule has 0 aliphatic carbocycles. The van der Waals surface area contributed by atoms with Gasteiger partial charge >= 0.3 is 0 Å². The van der Waals surface area contributed by atoms with Crippen LogP contribution >= 0.6 is 0 Å². The number of hydrazine groups is 1. The molecule has 1 aromatic rings. The van der Waals surface area contributed by atoms with Gasteiger partial charge in [-0.25, -0.2) is 0 Å². The highest BCUT2D eigenvalue weighted by molar-refractivity contribution is 5.54. The summed E-state index contributed by atoms with van der Waals surface area (Å²) in [7, 11) is 0. The number of fused-ring (bicyclic) bond motifs is 1. The van der Waals surface area contributed by atoms with Crippen molar-refractivity contribution in [2.75, 3.05) is 11.9 Å². The molecule has 1 aliphatic rings. The lowest BCUT2D eigenvalue weighted by molar-refractivity contribution is 0.737. The van der Waals surface area contributed by atoms with E-state index in [1.165, 1.54) is 29.7 Å². The van der Waals surface area contributed by atoms with Crippen LogP contribution in [0, 0.1) is 0 Å². The summed E-state index contributed by atoms with van der Waals surface area (Å²) in [6, 6.07) is 6.47. The van der Waals surface area contributed by atoms with Gasteiger partial charge in [-0.05, 0) is 30.0 Å². The molecule has 0 atom stereocenters. The summed E-state index contributed by atoms with van der Waals surface area (Å²) in [5.74, 6) is 5.27. The van der Waals surface area contributed by atoms with E-state index >= 15 is 0 Å². The maximum atomic E-state index is 5.27. The Morgan fingerprint density at radius 2 is 2.38 bits per heavy atom. The van der Waals surface area contributed by atoms with Crippen LogP contribution < -0.4 is 16.6 Å². The Balaban J connectivity index is 2.24. The topological polar surface area (TPSA) is 50.1 Å². The van der Waals surface area contributed by atoms with Gasteiger partial charge in [-0.15, -0.1) is 0 Å². The molecular weight excluding hydrogens is 162 g/mol. The number of anilines is 1. The third-order valence-electron chi connectivity index (χ3n) is 2.41. The van der Waals surface area contributed by atoms with Crippen molar-refractivity contribution >= 4 is 5.69 Å². The molecule has 3 heteroatoms. The normalized spacial score (nSPS) is 14.8. The summed E-state index contributed by atoms with van der Waals surface area (Å²) in [6.45, 7) is 1.84. The molecule has 0 saturated heterocycles. The highest BCUT2D eigenvalue weighted by Crippen LogP contribution is 2.22. The Kier molecular flexibility index (Phi) is 2.47. The molecule has 2 rings (SSSR count). The summed E-state index contributed by atoms with van der Waals surface area (Å²) < 4.78 is 0. The van der Waals surface area contributed by atoms with Crippen molar-refractivity contribution in [3.05, 3.63) is 29.3 Å². The van der Waals surface area contributed by atoms with Crippen molar-refractivity contribution in [3.8, 4) is 0 Å². The minimum atomic E-state index is 0.743. The smallest absolute Gasteiger partial charge is 0.0372 e. The SMILES string of the molecule is NNCc1ccc2c(c1)CCCN2. The molecule has 1 heterocycles. The largest absolute Gasteiger partial charge is 0.385 e. The molecule has 70 valence electrons. The molecule has 3 nitrogen and oxygen atoms in total. The maximum absolute atomic E-state index is 5.27. The van der Waals surface area contributed by atoms with E-state index in [1.807, 2.05) is 0 Å². The highest BCUT2D eigenvalue weighted by Gasteiger charge is 2.07. The second-order valence-electron chi connectivity index (χ2n) is 3.40. The van der Waals surface area contributed by atoms with Gasteiger partial charge in [0.2, 0.25) is 0 Å². The van der Waals surface area contributed by atoms with Crippen LogP contribution in [-0.2, 0) is 13.0 Å². The van der Waals surface area contributed by atoms with Gasteiger partial charge in [0.25, 0.3) is 0 Å². The third kappa shape index (κ3) is 1.82. The fourth-order valence-electron chi connectivity index (χ4n) is 1.76. The second-order valence-corrected chi connectivity index (χ2v) is 3.40. The number of rotatable bonds is 2. The number of benzene rings is 1. The minimum Gasteiger partial charge on any atom is -0.385 e. The molecular formula is C10H15N3. The summed E-state index contributed by atoms with van der Waals surface area (Å²) >= 11 is 0. The lowest BCUT2D eigenvalue weighted by Gasteiger charge is -2.18. The van der Waals surface area contributed by atoms with Gasteiger partial charge in [0.1, 0.15) is 0 Å². The minimum absolute atomic E-state index is 0.743. The average molecular weight is 177 g/mol. The number of nitrogens with two attached hydrogens (primary N) is 1. The lowest BCUT2D eigenvalue weighted by atomic mass is 10.0. The van der Waals surface area contributed by atoms with Crippen molar-refractivity contribution in [3.63, 3.8) is 0 Å². The molecule has 0 amide bonds. The molecule has 0 spiro atoms. The molecule has 1 aliphatic heterocycles. The van der Waals surface area contributed by atoms with Gasteiger partial charge in [0, 0.05) is 18.8 Å². The Morgan fingerprint density at radius 3 is 3.23 bits per heavy atom. The number of hydrogen-bond acceptors (Lipinski definition) is 3. The molecule has 0 radical (unpaired) electrons. The van der Waals surface area contributed by atoms with Gasteiger partial charge < -0.3 is 5.32 Å². The van der Waals surface area contributed by atoms with Gasteiger partial charge in [-0.2, -0.15) is 0 Å². The summed E-state index contributed by atoms with van der Waals surface area (Å²) in [5, 5.41) is 3.38. The van der Waals surface area contributed by atoms with Gasteiger partial charge in [0.05, 0.1) is 0 Å². The number of aryl methyl sites for hydroxylation is 1. The Hall–Kier alpha value is -1.06. The summed E-state index contributed by atoms with van der Waals surface area (Å²) in [6.07, 6.45) is 2.41. The van der Waals surface area contributed by atoms with Crippen LogP contribution in [0.3, 0.4) is 0 Å². The van der Waals surface area contributed by atoms with Crippen LogP contribution in [0.5, 0.6) is 0 Å². The van der Waals surface area contributed by atoms with Gasteiger partial charge in [-0.3, -0.25) is 11.3 Å². The van der Waals surface area contributed by atoms with Crippen LogP contribution in [0.25, 0.3) is 0 Å². The van der Waals surface area contributed by atoms with E-state index in [9.17, 15) is 0 Å². The van der Waals surface area contributed by atoms with E-state index in [2.05, 4.69) is 28.9 Å². The zero-order valence-electron chi connectivity index (χ0n) is 7.64. The molecule has 0 aromatic heterocycles. The molecule has 4 N–H and O–H groups in total. The zero-order chi connectivity index (χ0) is 9.10. The van der Waals surface area contributed by atoms with Crippen molar-refractivity contribution in [2.45, 2.75) is 19.4 Å². The van der Waals surface area contributed by atoms with E-state index in [4.69, 9.17) is 5.84 Å². The molecule has 13 heavy (non-hydrogen) atoms. The standard InChI is InChI=1S/C10H15N3/c11-13-7-8-3-4-10-9(6-8)2-1-5-12-10/h3-4,6,12-13H,1-2,5,7,11H2. The first-order chi connectivity index (χ1) is 6.40. The Morgan fingerprint density at radius 1 is 1.46 bits per heavy atom. The van der Waals surface area contributed by atoms with Crippen LogP contribution in [0.15, 0.2) is 18.2 Å². The van der Waals surface area contributed by atoms with E-state index in [1.54, 1.807) is 0 Å². The van der Waals surface area contributed by atoms with E-state index in [-0.39, 0.29) is 0 Å². The number of nitrogens with one attached hydrogen (secondary N) is 2. The zero-order valence-corrected chi connectivity index (χ0v) is 7.64.